The van der Waals surface area contributed by atoms with E-state index >= 15 is 0 Å². The molecule has 0 radical (unpaired) electrons. The molecule has 0 aromatic carbocycles. The van der Waals surface area contributed by atoms with Crippen molar-refractivity contribution in [3.63, 3.8) is 0 Å². The van der Waals surface area contributed by atoms with Gasteiger partial charge >= 0.3 is 25.7 Å². The summed E-state index contributed by atoms with van der Waals surface area (Å²) in [6.07, 6.45) is 8.98. The number of hydrogen-bond donors (Lipinski definition) is 11. The number of esters is 3. The Morgan fingerprint density at radius 3 is 1.03 bits per heavy atom. The van der Waals surface area contributed by atoms with Crippen LogP contribution in [0.15, 0.2) is 0 Å². The van der Waals surface area contributed by atoms with Crippen LogP contribution >= 0.6 is 7.82 Å². The number of ether oxygens (including phenoxy) is 7. The van der Waals surface area contributed by atoms with Gasteiger partial charge in [-0.05, 0) is 19.3 Å². The average molecular weight is 1390 g/mol. The molecule has 2 saturated heterocycles. The standard InChI is InChI=1S/C70H131O24P/c1-4-7-10-13-16-19-22-24-25-26-28-31-33-36-39-42-45-55(73)87-50-53-58(76)60(78)65(83)70(91-53)93-67-63(81)61(79)62(80)66(92-69-64(82)59(77)57(75)52(47-71)90-69)68(67)94-95(84,85)88-49-51(89-56(74)46-43-40-37-34-29-21-18-15-12-9-6-3)48-86-54(72)44-41-38-35-32-30-27-23-20-17-14-11-8-5-2/h51-53,57-71,75-83H,4-50H2,1-3H3,(H,84,85). The fraction of sp³-hybridized carbons (Fsp3) is 0.957. The highest BCUT2D eigenvalue weighted by Gasteiger charge is 2.58. The fourth-order valence-corrected chi connectivity index (χ4v) is 13.5. The molecule has 0 aromatic rings. The Morgan fingerprint density at radius 1 is 0.368 bits per heavy atom. The largest absolute Gasteiger partial charge is 0.472 e. The van der Waals surface area contributed by atoms with Crippen LogP contribution in [0.2, 0.25) is 0 Å². The van der Waals surface area contributed by atoms with E-state index < -0.39 is 156 Å². The summed E-state index contributed by atoms with van der Waals surface area (Å²) >= 11 is 0. The second kappa shape index (κ2) is 52.9. The Hall–Kier alpha value is -2.04. The predicted octanol–water partition coefficient (Wildman–Crippen LogP) is 9.79. The van der Waals surface area contributed by atoms with Crippen LogP contribution in [0, 0.1) is 0 Å². The van der Waals surface area contributed by atoms with Crippen LogP contribution in [0.1, 0.15) is 297 Å². The van der Waals surface area contributed by atoms with Gasteiger partial charge in [0.1, 0.15) is 98.7 Å². The van der Waals surface area contributed by atoms with E-state index in [4.69, 9.17) is 42.2 Å². The fourth-order valence-electron chi connectivity index (χ4n) is 12.5. The van der Waals surface area contributed by atoms with E-state index in [9.17, 15) is 74.9 Å². The van der Waals surface area contributed by atoms with Gasteiger partial charge in [-0.1, -0.05) is 258 Å². The zero-order chi connectivity index (χ0) is 69.6. The molecular formula is C70H131O24P. The first-order valence-corrected chi connectivity index (χ1v) is 38.8. The maximum Gasteiger partial charge on any atom is 0.472 e. The van der Waals surface area contributed by atoms with Gasteiger partial charge in [0.05, 0.1) is 13.2 Å². The molecule has 3 rings (SSSR count). The summed E-state index contributed by atoms with van der Waals surface area (Å²) in [4.78, 5) is 50.9. The third-order valence-electron chi connectivity index (χ3n) is 18.6. The average Bonchev–Trinajstić information content (AvgIpc) is 0.764. The van der Waals surface area contributed by atoms with Crippen LogP contribution in [-0.2, 0) is 61.2 Å². The molecule has 18 unspecified atom stereocenters. The van der Waals surface area contributed by atoms with Crippen molar-refractivity contribution in [1.29, 1.82) is 0 Å². The normalized spacial score (nSPS) is 28.1. The Balaban J connectivity index is 1.72. The lowest BCUT2D eigenvalue weighted by Crippen LogP contribution is -2.69. The molecule has 0 amide bonds. The van der Waals surface area contributed by atoms with Crippen molar-refractivity contribution in [1.82, 2.24) is 0 Å². The molecule has 1 aliphatic carbocycles. The quantitative estimate of drug-likeness (QED) is 0.0117. The highest BCUT2D eigenvalue weighted by Crippen LogP contribution is 2.49. The van der Waals surface area contributed by atoms with Crippen molar-refractivity contribution in [2.45, 2.75) is 401 Å². The second-order valence-electron chi connectivity index (χ2n) is 27.0. The smallest absolute Gasteiger partial charge is 0.463 e. The van der Waals surface area contributed by atoms with Gasteiger partial charge in [-0.2, -0.15) is 0 Å². The van der Waals surface area contributed by atoms with E-state index in [1.54, 1.807) is 0 Å². The van der Waals surface area contributed by atoms with Gasteiger partial charge in [-0.15, -0.1) is 0 Å². The Bertz CT molecular complexity index is 1980. The summed E-state index contributed by atoms with van der Waals surface area (Å²) in [6.45, 7) is 3.45. The number of aliphatic hydroxyl groups is 10. The number of aliphatic hydroxyl groups excluding tert-OH is 10. The van der Waals surface area contributed by atoms with E-state index in [1.165, 1.54) is 148 Å². The molecule has 18 atom stereocenters. The van der Waals surface area contributed by atoms with Crippen LogP contribution in [0.3, 0.4) is 0 Å². The molecule has 25 heteroatoms. The molecule has 0 bridgehead atoms. The van der Waals surface area contributed by atoms with Gasteiger partial charge in [0.2, 0.25) is 0 Å². The zero-order valence-corrected chi connectivity index (χ0v) is 59.1. The van der Waals surface area contributed by atoms with Gasteiger partial charge in [0.15, 0.2) is 18.7 Å². The second-order valence-corrected chi connectivity index (χ2v) is 28.4. The third kappa shape index (κ3) is 36.4. The number of hydrogen-bond acceptors (Lipinski definition) is 23. The zero-order valence-electron chi connectivity index (χ0n) is 58.2. The van der Waals surface area contributed by atoms with Crippen LogP contribution in [0.5, 0.6) is 0 Å². The SMILES string of the molecule is CCCCCCCCCCCCCCCCCCC(=O)OCC1OC(OC2C(O)C(O)C(O)C(OC3OC(CO)C(O)C(O)C3O)C2OP(=O)(O)OCC(COC(=O)CCCCCCCCCCCCCCC)OC(=O)CCCCCCCCCCCCC)C(O)C(O)C1O. The molecule has 2 aliphatic heterocycles. The molecular weight excluding hydrogens is 1260 g/mol. The summed E-state index contributed by atoms with van der Waals surface area (Å²) < 4.78 is 64.9. The first-order valence-electron chi connectivity index (χ1n) is 37.3. The van der Waals surface area contributed by atoms with E-state index in [-0.39, 0.29) is 19.3 Å². The minimum Gasteiger partial charge on any atom is -0.463 e. The molecule has 3 fully saturated rings. The van der Waals surface area contributed by atoms with Gasteiger partial charge in [0, 0.05) is 19.3 Å². The third-order valence-corrected chi connectivity index (χ3v) is 19.6. The minimum atomic E-state index is -5.69. The summed E-state index contributed by atoms with van der Waals surface area (Å²) in [6, 6.07) is 0. The maximum absolute atomic E-state index is 14.3. The van der Waals surface area contributed by atoms with Crippen LogP contribution in [-0.4, -0.2) is 204 Å². The maximum atomic E-state index is 14.3. The number of unbranched alkanes of at least 4 members (excludes halogenated alkanes) is 37. The van der Waals surface area contributed by atoms with Crippen LogP contribution in [0.4, 0.5) is 0 Å². The van der Waals surface area contributed by atoms with Crippen molar-refractivity contribution < 1.29 is 117 Å². The number of rotatable bonds is 58. The van der Waals surface area contributed by atoms with Crippen molar-refractivity contribution in [2.24, 2.45) is 0 Å². The predicted molar refractivity (Wildman–Crippen MR) is 356 cm³/mol. The monoisotopic (exact) mass is 1390 g/mol. The molecule has 11 N–H and O–H groups in total. The van der Waals surface area contributed by atoms with Gasteiger partial charge in [0.25, 0.3) is 0 Å². The molecule has 1 saturated carbocycles. The van der Waals surface area contributed by atoms with E-state index in [0.29, 0.717) is 19.3 Å². The lowest BCUT2D eigenvalue weighted by molar-refractivity contribution is -0.360. The first kappa shape index (κ1) is 87.2. The van der Waals surface area contributed by atoms with Crippen molar-refractivity contribution in [3.8, 4) is 0 Å². The van der Waals surface area contributed by atoms with Gasteiger partial charge < -0.3 is 89.1 Å². The summed E-state index contributed by atoms with van der Waals surface area (Å²) in [7, 11) is -5.69. The molecule has 24 nitrogen and oxygen atoms in total. The first-order chi connectivity index (χ1) is 45.8. The number of carbonyl (C=O) groups excluding carboxylic acids is 3. The number of carbonyl (C=O) groups is 3. The van der Waals surface area contributed by atoms with Crippen LogP contribution in [0.25, 0.3) is 0 Å². The number of phosphoric ester groups is 1. The summed E-state index contributed by atoms with van der Waals surface area (Å²) in [5, 5.41) is 110. The topological polar surface area (TPSA) is 374 Å². The highest BCUT2D eigenvalue weighted by atomic mass is 31.2. The minimum absolute atomic E-state index is 0.0340. The highest BCUT2D eigenvalue weighted by molar-refractivity contribution is 7.47. The Kier molecular flexibility index (Phi) is 48.5. The molecule has 560 valence electrons. The molecule has 2 heterocycles. The molecule has 95 heavy (non-hydrogen) atoms. The molecule has 0 spiro atoms. The summed E-state index contributed by atoms with van der Waals surface area (Å²) in [5.41, 5.74) is 0. The van der Waals surface area contributed by atoms with Gasteiger partial charge in [-0.25, -0.2) is 4.57 Å². The Labute approximate surface area is 568 Å². The van der Waals surface area contributed by atoms with Crippen LogP contribution < -0.4 is 0 Å². The summed E-state index contributed by atoms with van der Waals surface area (Å²) in [5.74, 6) is -1.98. The Morgan fingerprint density at radius 2 is 0.674 bits per heavy atom. The molecule has 0 aromatic heterocycles. The number of phosphoric acid groups is 1. The van der Waals surface area contributed by atoms with Gasteiger partial charge in [-0.3, -0.25) is 23.4 Å². The lowest BCUT2D eigenvalue weighted by atomic mass is 9.84. The van der Waals surface area contributed by atoms with Crippen molar-refractivity contribution in [3.05, 3.63) is 0 Å². The van der Waals surface area contributed by atoms with E-state index in [0.717, 1.165) is 89.9 Å². The van der Waals surface area contributed by atoms with Crippen molar-refractivity contribution >= 4 is 25.7 Å². The van der Waals surface area contributed by atoms with E-state index in [2.05, 4.69) is 20.8 Å². The lowest BCUT2D eigenvalue weighted by Gasteiger charge is -2.49. The van der Waals surface area contributed by atoms with E-state index in [1.807, 2.05) is 0 Å². The molecule has 3 aliphatic rings. The van der Waals surface area contributed by atoms with Crippen molar-refractivity contribution in [2.75, 3.05) is 26.4 Å².